The van der Waals surface area contributed by atoms with Gasteiger partial charge in [0.25, 0.3) is 0 Å². The van der Waals surface area contributed by atoms with Crippen LogP contribution in [0.2, 0.25) is 0 Å². The van der Waals surface area contributed by atoms with Crippen molar-refractivity contribution in [3.63, 3.8) is 0 Å². The molecule has 0 saturated heterocycles. The van der Waals surface area contributed by atoms with Gasteiger partial charge in [0.2, 0.25) is 0 Å². The largest absolute Gasteiger partial charge is 0.393 e. The molecule has 0 heterocycles. The number of rotatable bonds is 0. The number of halogens is 1. The molecule has 6 atom stereocenters. The van der Waals surface area contributed by atoms with Gasteiger partial charge in [-0.1, -0.05) is 31.6 Å². The van der Waals surface area contributed by atoms with Crippen LogP contribution in [0, 0.1) is 28.6 Å². The first-order chi connectivity index (χ1) is 9.95. The highest BCUT2D eigenvalue weighted by atomic mass is 127. The molecule has 0 aliphatic heterocycles. The second-order valence-electron chi connectivity index (χ2n) is 8.40. The average Bonchev–Trinajstić information content (AvgIpc) is 2.76. The normalized spacial score (nSPS) is 52.4. The molecule has 0 radical (unpaired) electrons. The molecule has 4 aliphatic rings. The Hall–Kier alpha value is 0.170. The molecule has 0 aromatic heterocycles. The van der Waals surface area contributed by atoms with Crippen LogP contribution in [-0.2, 0) is 0 Å². The van der Waals surface area contributed by atoms with Crippen molar-refractivity contribution in [2.45, 2.75) is 64.9 Å². The van der Waals surface area contributed by atoms with Crippen molar-refractivity contribution in [2.24, 2.45) is 28.6 Å². The van der Waals surface area contributed by atoms with Gasteiger partial charge in [0, 0.05) is 5.41 Å². The third kappa shape index (κ3) is 1.97. The predicted molar refractivity (Wildman–Crippen MR) is 95.2 cm³/mol. The molecule has 6 unspecified atom stereocenters. The van der Waals surface area contributed by atoms with Crippen molar-refractivity contribution in [2.75, 3.05) is 0 Å². The number of hydrogen-bond acceptors (Lipinski definition) is 1. The van der Waals surface area contributed by atoms with Gasteiger partial charge in [0.05, 0.1) is 6.10 Å². The fourth-order valence-corrected chi connectivity index (χ4v) is 7.08. The quantitative estimate of drug-likeness (QED) is 0.437. The van der Waals surface area contributed by atoms with Crippen molar-refractivity contribution >= 4 is 22.6 Å². The summed E-state index contributed by atoms with van der Waals surface area (Å²) in [5, 5.41) is 10.0. The Bertz CT molecular complexity index is 522. The lowest BCUT2D eigenvalue weighted by Crippen LogP contribution is -2.49. The third-order valence-electron chi connectivity index (χ3n) is 7.56. The van der Waals surface area contributed by atoms with Crippen molar-refractivity contribution < 1.29 is 5.11 Å². The van der Waals surface area contributed by atoms with E-state index in [4.69, 9.17) is 0 Å². The first-order valence-corrected chi connectivity index (χ1v) is 9.77. The molecule has 2 heteroatoms. The minimum atomic E-state index is -0.0798. The lowest BCUT2D eigenvalue weighted by Gasteiger charge is -2.57. The molecule has 116 valence electrons. The van der Waals surface area contributed by atoms with E-state index in [1.807, 2.05) is 0 Å². The number of allylic oxidation sites excluding steroid dienone is 3. The minimum Gasteiger partial charge on any atom is -0.393 e. The van der Waals surface area contributed by atoms with Gasteiger partial charge >= 0.3 is 0 Å². The van der Waals surface area contributed by atoms with Gasteiger partial charge in [-0.3, -0.25) is 0 Å². The van der Waals surface area contributed by atoms with Crippen LogP contribution in [0.25, 0.3) is 0 Å². The summed E-state index contributed by atoms with van der Waals surface area (Å²) >= 11 is 2.60. The van der Waals surface area contributed by atoms with Gasteiger partial charge in [-0.15, -0.1) is 0 Å². The molecule has 0 bridgehead atoms. The number of fused-ring (bicyclic) bond motifs is 5. The van der Waals surface area contributed by atoms with Crippen LogP contribution < -0.4 is 0 Å². The van der Waals surface area contributed by atoms with Crippen molar-refractivity contribution in [1.82, 2.24) is 0 Å². The predicted octanol–water partition coefficient (Wildman–Crippen LogP) is 5.24. The van der Waals surface area contributed by atoms with Crippen molar-refractivity contribution in [3.05, 3.63) is 21.3 Å². The van der Waals surface area contributed by atoms with Gasteiger partial charge in [0.1, 0.15) is 0 Å². The Kier molecular flexibility index (Phi) is 3.39. The smallest absolute Gasteiger partial charge is 0.0577 e. The van der Waals surface area contributed by atoms with Crippen molar-refractivity contribution in [3.8, 4) is 0 Å². The molecule has 0 aromatic rings. The molecule has 21 heavy (non-hydrogen) atoms. The van der Waals surface area contributed by atoms with E-state index in [-0.39, 0.29) is 6.10 Å². The average molecular weight is 398 g/mol. The zero-order valence-corrected chi connectivity index (χ0v) is 15.4. The summed E-state index contributed by atoms with van der Waals surface area (Å²) in [6, 6.07) is 0. The maximum absolute atomic E-state index is 10.0. The summed E-state index contributed by atoms with van der Waals surface area (Å²) in [7, 11) is 0. The highest BCUT2D eigenvalue weighted by Crippen LogP contribution is 2.65. The first kappa shape index (κ1) is 14.7. The summed E-state index contributed by atoms with van der Waals surface area (Å²) in [5.41, 5.74) is 2.45. The number of hydrogen-bond donors (Lipinski definition) is 1. The van der Waals surface area contributed by atoms with E-state index in [1.165, 1.54) is 32.1 Å². The summed E-state index contributed by atoms with van der Waals surface area (Å²) in [6.07, 6.45) is 13.4. The van der Waals surface area contributed by atoms with Gasteiger partial charge in [-0.2, -0.15) is 0 Å². The molecular formula is C19H27IO. The zero-order valence-electron chi connectivity index (χ0n) is 13.2. The summed E-state index contributed by atoms with van der Waals surface area (Å²) < 4.78 is 1.63. The molecule has 0 amide bonds. The maximum atomic E-state index is 10.0. The molecule has 4 aliphatic carbocycles. The summed E-state index contributed by atoms with van der Waals surface area (Å²) in [4.78, 5) is 0. The van der Waals surface area contributed by atoms with Crippen LogP contribution in [0.1, 0.15) is 58.8 Å². The van der Waals surface area contributed by atoms with E-state index in [1.54, 1.807) is 9.15 Å². The molecule has 1 nitrogen and oxygen atoms in total. The second kappa shape index (κ2) is 4.83. The highest BCUT2D eigenvalue weighted by molar-refractivity contribution is 14.1. The van der Waals surface area contributed by atoms with E-state index < -0.39 is 0 Å². The lowest BCUT2D eigenvalue weighted by molar-refractivity contribution is -0.0268. The monoisotopic (exact) mass is 398 g/mol. The van der Waals surface area contributed by atoms with Crippen LogP contribution in [-0.4, -0.2) is 11.2 Å². The van der Waals surface area contributed by atoms with Gasteiger partial charge in [-0.25, -0.2) is 0 Å². The van der Waals surface area contributed by atoms with E-state index >= 15 is 0 Å². The van der Waals surface area contributed by atoms with Crippen LogP contribution in [0.15, 0.2) is 21.3 Å². The Morgan fingerprint density at radius 2 is 1.81 bits per heavy atom. The Morgan fingerprint density at radius 3 is 2.62 bits per heavy atom. The van der Waals surface area contributed by atoms with Gasteiger partial charge < -0.3 is 5.11 Å². The second-order valence-corrected chi connectivity index (χ2v) is 9.56. The van der Waals surface area contributed by atoms with Crippen LogP contribution in [0.5, 0.6) is 0 Å². The SMILES string of the molecule is CC12CCC3C(CC=C4CC(O)CCC43C)C1CC=C2I. The Balaban J connectivity index is 1.68. The molecular weight excluding hydrogens is 371 g/mol. The standard InChI is InChI=1S/C19H27IO/c1-18-9-7-13(21)11-12(18)3-4-14-15-5-6-17(20)19(15,2)10-8-16(14)18/h3,6,13-16,21H,4-5,7-11H2,1-2H3. The highest BCUT2D eigenvalue weighted by Gasteiger charge is 2.56. The third-order valence-corrected chi connectivity index (χ3v) is 9.24. The molecule has 4 rings (SSSR count). The Labute approximate surface area is 142 Å². The fourth-order valence-electron chi connectivity index (χ4n) is 6.16. The van der Waals surface area contributed by atoms with E-state index in [0.717, 1.165) is 30.6 Å². The number of aliphatic hydroxyl groups excluding tert-OH is 1. The minimum absolute atomic E-state index is 0.0798. The molecule has 0 spiro atoms. The molecule has 2 fully saturated rings. The van der Waals surface area contributed by atoms with Gasteiger partial charge in [0.15, 0.2) is 0 Å². The maximum Gasteiger partial charge on any atom is 0.0577 e. The summed E-state index contributed by atoms with van der Waals surface area (Å²) in [6.45, 7) is 5.03. The van der Waals surface area contributed by atoms with E-state index in [9.17, 15) is 5.11 Å². The molecule has 2 saturated carbocycles. The van der Waals surface area contributed by atoms with E-state index in [2.05, 4.69) is 48.6 Å². The molecule has 1 N–H and O–H groups in total. The molecule has 0 aromatic carbocycles. The van der Waals surface area contributed by atoms with Crippen LogP contribution in [0.3, 0.4) is 0 Å². The van der Waals surface area contributed by atoms with Crippen molar-refractivity contribution in [1.29, 1.82) is 0 Å². The van der Waals surface area contributed by atoms with Gasteiger partial charge in [-0.05, 0) is 94.3 Å². The Morgan fingerprint density at radius 1 is 1.05 bits per heavy atom. The van der Waals surface area contributed by atoms with Crippen LogP contribution in [0.4, 0.5) is 0 Å². The van der Waals surface area contributed by atoms with E-state index in [0.29, 0.717) is 10.8 Å². The topological polar surface area (TPSA) is 20.2 Å². The number of aliphatic hydroxyl groups is 1. The first-order valence-electron chi connectivity index (χ1n) is 8.69. The lowest BCUT2D eigenvalue weighted by atomic mass is 9.48. The fraction of sp³-hybridized carbons (Fsp3) is 0.789. The summed E-state index contributed by atoms with van der Waals surface area (Å²) in [5.74, 6) is 2.60. The zero-order chi connectivity index (χ0) is 14.8. The van der Waals surface area contributed by atoms with Crippen LogP contribution >= 0.6 is 22.6 Å².